The minimum Gasteiger partial charge on any atom is -0.489 e. The Morgan fingerprint density at radius 1 is 1.35 bits per heavy atom. The van der Waals surface area contributed by atoms with Gasteiger partial charge in [0, 0.05) is 18.5 Å². The molecule has 0 amide bonds. The molecule has 2 rings (SSSR count). The number of ether oxygens (including phenoxy) is 2. The molecule has 0 saturated heterocycles. The van der Waals surface area contributed by atoms with Crippen molar-refractivity contribution in [2.24, 2.45) is 0 Å². The summed E-state index contributed by atoms with van der Waals surface area (Å²) in [6.45, 7) is 1.61. The van der Waals surface area contributed by atoms with E-state index in [4.69, 9.17) is 21.1 Å². The first-order chi connectivity index (χ1) is 8.24. The van der Waals surface area contributed by atoms with E-state index in [-0.39, 0.29) is 0 Å². The Morgan fingerprint density at radius 2 is 2.06 bits per heavy atom. The third-order valence-corrected chi connectivity index (χ3v) is 2.93. The van der Waals surface area contributed by atoms with Crippen LogP contribution in [0.25, 0.3) is 0 Å². The zero-order valence-electron chi connectivity index (χ0n) is 9.70. The van der Waals surface area contributed by atoms with Crippen LogP contribution in [0.3, 0.4) is 0 Å². The van der Waals surface area contributed by atoms with Crippen molar-refractivity contribution in [3.8, 4) is 11.5 Å². The van der Waals surface area contributed by atoms with E-state index in [1.54, 1.807) is 19.2 Å². The van der Waals surface area contributed by atoms with Crippen molar-refractivity contribution in [3.63, 3.8) is 0 Å². The molecular weight excluding hydrogens is 242 g/mol. The maximum atomic E-state index is 10.0. The second kappa shape index (κ2) is 5.58. The van der Waals surface area contributed by atoms with Crippen LogP contribution in [0.1, 0.15) is 18.1 Å². The van der Waals surface area contributed by atoms with E-state index in [2.05, 4.69) is 5.32 Å². The molecule has 1 heterocycles. The highest BCUT2D eigenvalue weighted by atomic mass is 35.5. The number of hydrogen-bond donors (Lipinski definition) is 2. The van der Waals surface area contributed by atoms with Crippen LogP contribution in [0.15, 0.2) is 12.1 Å². The Balaban J connectivity index is 2.39. The van der Waals surface area contributed by atoms with Crippen molar-refractivity contribution in [3.05, 3.63) is 22.7 Å². The van der Waals surface area contributed by atoms with E-state index in [9.17, 15) is 5.11 Å². The normalized spacial score (nSPS) is 16.4. The van der Waals surface area contributed by atoms with Gasteiger partial charge >= 0.3 is 0 Å². The summed E-state index contributed by atoms with van der Waals surface area (Å²) in [6.07, 6.45) is 0.180. The number of aliphatic hydroxyl groups is 1. The summed E-state index contributed by atoms with van der Waals surface area (Å²) >= 11 is 6.07. The van der Waals surface area contributed by atoms with Crippen LogP contribution in [0.2, 0.25) is 5.02 Å². The van der Waals surface area contributed by atoms with Crippen LogP contribution in [0, 0.1) is 0 Å². The molecule has 0 bridgehead atoms. The molecule has 0 fully saturated rings. The highest BCUT2D eigenvalue weighted by Gasteiger charge is 2.21. The summed E-state index contributed by atoms with van der Waals surface area (Å²) < 4.78 is 11.2. The van der Waals surface area contributed by atoms with Crippen LogP contribution < -0.4 is 14.8 Å². The van der Waals surface area contributed by atoms with Gasteiger partial charge in [0.2, 0.25) is 0 Å². The van der Waals surface area contributed by atoms with Gasteiger partial charge in [0.1, 0.15) is 0 Å². The smallest absolute Gasteiger partial charge is 0.180 e. The molecule has 0 spiro atoms. The minimum absolute atomic E-state index is 0.456. The summed E-state index contributed by atoms with van der Waals surface area (Å²) in [4.78, 5) is 0. The quantitative estimate of drug-likeness (QED) is 0.866. The van der Waals surface area contributed by atoms with Crippen LogP contribution in [0.4, 0.5) is 0 Å². The first kappa shape index (κ1) is 12.5. The first-order valence-corrected chi connectivity index (χ1v) is 6.02. The van der Waals surface area contributed by atoms with E-state index >= 15 is 0 Å². The van der Waals surface area contributed by atoms with Crippen molar-refractivity contribution < 1.29 is 14.6 Å². The van der Waals surface area contributed by atoms with Crippen molar-refractivity contribution in [1.82, 2.24) is 5.32 Å². The second-order valence-electron chi connectivity index (χ2n) is 3.92. The SMILES string of the molecule is CNCC(O)c1ccc(Cl)c2c1OCCCO2. The number of nitrogens with one attached hydrogen (secondary N) is 1. The fraction of sp³-hybridized carbons (Fsp3) is 0.500. The second-order valence-corrected chi connectivity index (χ2v) is 4.33. The average molecular weight is 258 g/mol. The van der Waals surface area contributed by atoms with Gasteiger partial charge in [-0.05, 0) is 13.1 Å². The molecule has 1 atom stereocenters. The van der Waals surface area contributed by atoms with E-state index in [1.165, 1.54) is 0 Å². The molecule has 0 aliphatic carbocycles. The molecule has 0 saturated carbocycles. The van der Waals surface area contributed by atoms with Crippen molar-refractivity contribution in [2.45, 2.75) is 12.5 Å². The van der Waals surface area contributed by atoms with Crippen LogP contribution in [-0.4, -0.2) is 31.9 Å². The molecule has 1 unspecified atom stereocenters. The van der Waals surface area contributed by atoms with Gasteiger partial charge in [0.05, 0.1) is 24.3 Å². The van der Waals surface area contributed by atoms with Gasteiger partial charge < -0.3 is 19.9 Å². The third-order valence-electron chi connectivity index (χ3n) is 2.63. The lowest BCUT2D eigenvalue weighted by Gasteiger charge is -2.17. The number of halogens is 1. The molecule has 1 aromatic rings. The highest BCUT2D eigenvalue weighted by molar-refractivity contribution is 6.32. The van der Waals surface area contributed by atoms with E-state index in [1.807, 2.05) is 0 Å². The van der Waals surface area contributed by atoms with Gasteiger partial charge in [-0.25, -0.2) is 0 Å². The first-order valence-electron chi connectivity index (χ1n) is 5.64. The number of fused-ring (bicyclic) bond motifs is 1. The molecule has 0 radical (unpaired) electrons. The van der Waals surface area contributed by atoms with Crippen LogP contribution in [-0.2, 0) is 0 Å². The third kappa shape index (κ3) is 2.65. The van der Waals surface area contributed by atoms with Gasteiger partial charge in [-0.1, -0.05) is 17.7 Å². The number of likely N-dealkylation sites (N-methyl/N-ethyl adjacent to an activating group) is 1. The van der Waals surface area contributed by atoms with Gasteiger partial charge in [-0.3, -0.25) is 0 Å². The van der Waals surface area contributed by atoms with Crippen molar-refractivity contribution in [1.29, 1.82) is 0 Å². The maximum absolute atomic E-state index is 10.0. The lowest BCUT2D eigenvalue weighted by Crippen LogP contribution is -2.17. The van der Waals surface area contributed by atoms with Gasteiger partial charge in [-0.15, -0.1) is 0 Å². The molecule has 5 heteroatoms. The molecule has 1 aliphatic heterocycles. The summed E-state index contributed by atoms with van der Waals surface area (Å²) in [6, 6.07) is 3.50. The monoisotopic (exact) mass is 257 g/mol. The molecule has 4 nitrogen and oxygen atoms in total. The lowest BCUT2D eigenvalue weighted by molar-refractivity contribution is 0.171. The summed E-state index contributed by atoms with van der Waals surface area (Å²) in [7, 11) is 1.79. The summed E-state index contributed by atoms with van der Waals surface area (Å²) in [5.41, 5.74) is 0.709. The van der Waals surface area contributed by atoms with E-state index in [0.29, 0.717) is 41.8 Å². The Morgan fingerprint density at radius 3 is 2.76 bits per heavy atom. The predicted molar refractivity (Wildman–Crippen MR) is 65.9 cm³/mol. The zero-order chi connectivity index (χ0) is 12.3. The van der Waals surface area contributed by atoms with E-state index < -0.39 is 6.10 Å². The van der Waals surface area contributed by atoms with E-state index in [0.717, 1.165) is 6.42 Å². The minimum atomic E-state index is -0.632. The zero-order valence-corrected chi connectivity index (χ0v) is 10.5. The number of rotatable bonds is 3. The number of hydrogen-bond acceptors (Lipinski definition) is 4. The van der Waals surface area contributed by atoms with Crippen LogP contribution >= 0.6 is 11.6 Å². The van der Waals surface area contributed by atoms with Crippen LogP contribution in [0.5, 0.6) is 11.5 Å². The van der Waals surface area contributed by atoms with Gasteiger partial charge in [-0.2, -0.15) is 0 Å². The van der Waals surface area contributed by atoms with Gasteiger partial charge in [0.15, 0.2) is 11.5 Å². The molecule has 0 aromatic heterocycles. The Hall–Kier alpha value is -0.970. The Bertz CT molecular complexity index is 398. The highest BCUT2D eigenvalue weighted by Crippen LogP contribution is 2.41. The summed E-state index contributed by atoms with van der Waals surface area (Å²) in [5, 5.41) is 13.5. The molecule has 94 valence electrons. The lowest BCUT2D eigenvalue weighted by atomic mass is 10.1. The molecule has 1 aliphatic rings. The fourth-order valence-corrected chi connectivity index (χ4v) is 2.01. The maximum Gasteiger partial charge on any atom is 0.180 e. The molecule has 17 heavy (non-hydrogen) atoms. The topological polar surface area (TPSA) is 50.7 Å². The largest absolute Gasteiger partial charge is 0.489 e. The Kier molecular flexibility index (Phi) is 4.10. The predicted octanol–water partition coefficient (Wildman–Crippen LogP) is 1.75. The fourth-order valence-electron chi connectivity index (χ4n) is 1.81. The van der Waals surface area contributed by atoms with Gasteiger partial charge in [0.25, 0.3) is 0 Å². The number of aliphatic hydroxyl groups excluding tert-OH is 1. The molecule has 2 N–H and O–H groups in total. The standard InChI is InChI=1S/C12H16ClNO3/c1-14-7-10(15)8-3-4-9(13)12-11(8)16-5-2-6-17-12/h3-4,10,14-15H,2,5-7H2,1H3. The average Bonchev–Trinajstić information content (AvgIpc) is 2.56. The number of benzene rings is 1. The van der Waals surface area contributed by atoms with Crippen molar-refractivity contribution >= 4 is 11.6 Å². The molecule has 1 aromatic carbocycles. The molecular formula is C12H16ClNO3. The Labute approximate surface area is 105 Å². The summed E-state index contributed by atoms with van der Waals surface area (Å²) in [5.74, 6) is 1.11. The van der Waals surface area contributed by atoms with Crippen molar-refractivity contribution in [2.75, 3.05) is 26.8 Å².